The van der Waals surface area contributed by atoms with Gasteiger partial charge in [-0.25, -0.2) is 9.97 Å². The number of rotatable bonds is 5. The van der Waals surface area contributed by atoms with Crippen molar-refractivity contribution in [1.82, 2.24) is 9.97 Å². The molecular weight excluding hydrogens is 521 g/mol. The minimum absolute atomic E-state index is 0.157. The summed E-state index contributed by atoms with van der Waals surface area (Å²) in [5, 5.41) is 7.83. The van der Waals surface area contributed by atoms with Crippen molar-refractivity contribution in [2.75, 3.05) is 23.8 Å². The fourth-order valence-corrected chi connectivity index (χ4v) is 4.77. The van der Waals surface area contributed by atoms with E-state index in [9.17, 15) is 13.2 Å². The molecule has 1 saturated heterocycles. The van der Waals surface area contributed by atoms with E-state index in [-0.39, 0.29) is 11.6 Å². The van der Waals surface area contributed by atoms with Crippen LogP contribution in [0.3, 0.4) is 0 Å². The lowest BCUT2D eigenvalue weighted by Gasteiger charge is -2.22. The first-order valence-corrected chi connectivity index (χ1v) is 11.7. The molecule has 0 bridgehead atoms. The SMILES string of the molecule is Cc1nc(NC(C)c2cccc(C(F)(F)F)c2C)c2cc(N[C@H]3CCOC3)c(Br)c(Cl)c2n1. The molecule has 1 fully saturated rings. The van der Waals surface area contributed by atoms with Gasteiger partial charge in [-0.1, -0.05) is 23.7 Å². The Kier molecular flexibility index (Phi) is 6.75. The molecule has 1 aliphatic heterocycles. The van der Waals surface area contributed by atoms with E-state index >= 15 is 0 Å². The molecule has 0 radical (unpaired) electrons. The quantitative estimate of drug-likeness (QED) is 0.361. The van der Waals surface area contributed by atoms with E-state index in [1.807, 2.05) is 6.07 Å². The van der Waals surface area contributed by atoms with E-state index in [0.717, 1.165) is 18.2 Å². The fraction of sp³-hybridized carbons (Fsp3) is 0.391. The van der Waals surface area contributed by atoms with E-state index in [2.05, 4.69) is 36.5 Å². The number of fused-ring (bicyclic) bond motifs is 1. The summed E-state index contributed by atoms with van der Waals surface area (Å²) in [4.78, 5) is 9.04. The molecular formula is C23H23BrClF3N4O. The molecule has 2 aromatic carbocycles. The molecule has 4 rings (SSSR count). The summed E-state index contributed by atoms with van der Waals surface area (Å²) in [5.41, 5.74) is 1.42. The van der Waals surface area contributed by atoms with E-state index in [1.54, 1.807) is 19.9 Å². The van der Waals surface area contributed by atoms with E-state index in [4.69, 9.17) is 16.3 Å². The van der Waals surface area contributed by atoms with Gasteiger partial charge in [-0.3, -0.25) is 0 Å². The van der Waals surface area contributed by atoms with Crippen LogP contribution in [0.5, 0.6) is 0 Å². The van der Waals surface area contributed by atoms with Crippen molar-refractivity contribution in [2.45, 2.75) is 45.5 Å². The Labute approximate surface area is 203 Å². The fourth-order valence-electron chi connectivity index (χ4n) is 4.11. The van der Waals surface area contributed by atoms with Crippen LogP contribution in [-0.2, 0) is 10.9 Å². The molecule has 2 N–H and O–H groups in total. The van der Waals surface area contributed by atoms with Crippen LogP contribution in [0.1, 0.15) is 41.9 Å². The summed E-state index contributed by atoms with van der Waals surface area (Å²) in [6.07, 6.45) is -3.54. The third-order valence-corrected chi connectivity index (χ3v) is 7.19. The Morgan fingerprint density at radius 3 is 2.67 bits per heavy atom. The molecule has 10 heteroatoms. The summed E-state index contributed by atoms with van der Waals surface area (Å²) in [6.45, 7) is 6.33. The summed E-state index contributed by atoms with van der Waals surface area (Å²) >= 11 is 10.2. The van der Waals surface area contributed by atoms with Crippen LogP contribution in [0.25, 0.3) is 10.9 Å². The Balaban J connectivity index is 1.75. The van der Waals surface area contributed by atoms with E-state index < -0.39 is 17.8 Å². The molecule has 0 amide bonds. The molecule has 0 saturated carbocycles. The number of benzene rings is 2. The van der Waals surface area contributed by atoms with Crippen molar-refractivity contribution >= 4 is 49.9 Å². The Hall–Kier alpha value is -2.10. The number of ether oxygens (including phenoxy) is 1. The van der Waals surface area contributed by atoms with Gasteiger partial charge in [0.25, 0.3) is 0 Å². The van der Waals surface area contributed by atoms with Gasteiger partial charge >= 0.3 is 6.18 Å². The van der Waals surface area contributed by atoms with Gasteiger partial charge < -0.3 is 15.4 Å². The van der Waals surface area contributed by atoms with E-state index in [1.165, 1.54) is 13.0 Å². The van der Waals surface area contributed by atoms with Crippen LogP contribution in [0.2, 0.25) is 5.02 Å². The number of alkyl halides is 3. The predicted octanol–water partition coefficient (Wildman–Crippen LogP) is 7.06. The molecule has 0 aliphatic carbocycles. The minimum atomic E-state index is -4.41. The highest BCUT2D eigenvalue weighted by Gasteiger charge is 2.33. The van der Waals surface area contributed by atoms with Gasteiger partial charge in [0.1, 0.15) is 11.6 Å². The average Bonchev–Trinajstić information content (AvgIpc) is 3.25. The summed E-state index contributed by atoms with van der Waals surface area (Å²) in [5.74, 6) is 0.999. The Bertz CT molecular complexity index is 1200. The van der Waals surface area contributed by atoms with Crippen LogP contribution >= 0.6 is 27.5 Å². The third-order valence-electron chi connectivity index (χ3n) is 5.77. The van der Waals surface area contributed by atoms with Gasteiger partial charge in [0.2, 0.25) is 0 Å². The Morgan fingerprint density at radius 1 is 1.24 bits per heavy atom. The number of anilines is 2. The normalized spacial score (nSPS) is 17.4. The lowest BCUT2D eigenvalue weighted by Crippen LogP contribution is -2.19. The summed E-state index contributed by atoms with van der Waals surface area (Å²) in [6, 6.07) is 5.83. The monoisotopic (exact) mass is 542 g/mol. The number of hydrogen-bond acceptors (Lipinski definition) is 5. The van der Waals surface area contributed by atoms with Crippen LogP contribution in [-0.4, -0.2) is 29.2 Å². The number of aromatic nitrogens is 2. The zero-order chi connectivity index (χ0) is 23.9. The van der Waals surface area contributed by atoms with Crippen LogP contribution in [0, 0.1) is 13.8 Å². The summed E-state index contributed by atoms with van der Waals surface area (Å²) < 4.78 is 46.3. The van der Waals surface area contributed by atoms with Crippen molar-refractivity contribution in [3.63, 3.8) is 0 Å². The predicted molar refractivity (Wildman–Crippen MR) is 128 cm³/mol. The molecule has 1 aromatic heterocycles. The van der Waals surface area contributed by atoms with Crippen molar-refractivity contribution in [3.05, 3.63) is 56.3 Å². The van der Waals surface area contributed by atoms with Crippen LogP contribution in [0.4, 0.5) is 24.7 Å². The van der Waals surface area contributed by atoms with Crippen molar-refractivity contribution in [3.8, 4) is 0 Å². The van der Waals surface area contributed by atoms with E-state index in [0.29, 0.717) is 50.8 Å². The van der Waals surface area contributed by atoms with Gasteiger partial charge in [-0.05, 0) is 66.4 Å². The molecule has 1 unspecified atom stereocenters. The molecule has 5 nitrogen and oxygen atoms in total. The second kappa shape index (κ2) is 9.27. The van der Waals surface area contributed by atoms with Crippen molar-refractivity contribution in [1.29, 1.82) is 0 Å². The molecule has 33 heavy (non-hydrogen) atoms. The highest BCUT2D eigenvalue weighted by molar-refractivity contribution is 9.10. The average molecular weight is 544 g/mol. The van der Waals surface area contributed by atoms with Gasteiger partial charge in [0, 0.05) is 12.0 Å². The number of aryl methyl sites for hydroxylation is 1. The van der Waals surface area contributed by atoms with Gasteiger partial charge in [0.05, 0.1) is 45.0 Å². The maximum absolute atomic E-state index is 13.4. The topological polar surface area (TPSA) is 59.1 Å². The first-order chi connectivity index (χ1) is 15.6. The van der Waals surface area contributed by atoms with Crippen molar-refractivity contribution in [2.24, 2.45) is 0 Å². The van der Waals surface area contributed by atoms with Crippen molar-refractivity contribution < 1.29 is 17.9 Å². The second-order valence-corrected chi connectivity index (χ2v) is 9.33. The lowest BCUT2D eigenvalue weighted by molar-refractivity contribution is -0.138. The zero-order valence-electron chi connectivity index (χ0n) is 18.3. The second-order valence-electron chi connectivity index (χ2n) is 8.16. The Morgan fingerprint density at radius 2 is 2.00 bits per heavy atom. The third kappa shape index (κ3) is 4.90. The van der Waals surface area contributed by atoms with Crippen LogP contribution in [0.15, 0.2) is 28.7 Å². The smallest absolute Gasteiger partial charge is 0.379 e. The number of nitrogens with zero attached hydrogens (tertiary/aromatic N) is 2. The molecule has 2 atom stereocenters. The standard InChI is InChI=1S/C23H23BrClF3N4O/c1-11-15(5-4-6-17(11)23(26,27)28)12(2)29-22-16-9-18(32-14-7-8-33-10-14)19(24)20(25)21(16)30-13(3)31-22/h4-6,9,12,14,32H,7-8,10H2,1-3H3,(H,29,30,31)/t12?,14-/m0/s1. The lowest BCUT2D eigenvalue weighted by atomic mass is 9.97. The number of nitrogens with one attached hydrogen (secondary N) is 2. The maximum atomic E-state index is 13.4. The summed E-state index contributed by atoms with van der Waals surface area (Å²) in [7, 11) is 0. The van der Waals surface area contributed by atoms with Gasteiger partial charge in [-0.2, -0.15) is 13.2 Å². The molecule has 2 heterocycles. The maximum Gasteiger partial charge on any atom is 0.416 e. The van der Waals surface area contributed by atoms with Gasteiger partial charge in [0.15, 0.2) is 0 Å². The molecule has 1 aliphatic rings. The number of halogens is 5. The zero-order valence-corrected chi connectivity index (χ0v) is 20.6. The molecule has 0 spiro atoms. The molecule has 3 aromatic rings. The highest BCUT2D eigenvalue weighted by atomic mass is 79.9. The van der Waals surface area contributed by atoms with Crippen LogP contribution < -0.4 is 10.6 Å². The van der Waals surface area contributed by atoms with Gasteiger partial charge in [-0.15, -0.1) is 0 Å². The molecule has 176 valence electrons. The number of hydrogen-bond donors (Lipinski definition) is 2. The largest absolute Gasteiger partial charge is 0.416 e. The minimum Gasteiger partial charge on any atom is -0.379 e. The first-order valence-electron chi connectivity index (χ1n) is 10.5. The first kappa shape index (κ1) is 24.0. The highest BCUT2D eigenvalue weighted by Crippen LogP contribution is 2.40.